The van der Waals surface area contributed by atoms with Gasteiger partial charge in [-0.05, 0) is 24.1 Å². The maximum Gasteiger partial charge on any atom is 0.130 e. The van der Waals surface area contributed by atoms with Crippen LogP contribution in [0, 0.1) is 0 Å². The Morgan fingerprint density at radius 2 is 1.70 bits per heavy atom. The lowest BCUT2D eigenvalue weighted by atomic mass is 10.0. The molecule has 1 N–H and O–H groups in total. The average Bonchev–Trinajstić information content (AvgIpc) is 2.48. The zero-order valence-corrected chi connectivity index (χ0v) is 12.0. The number of phenols is 1. The van der Waals surface area contributed by atoms with Crippen molar-refractivity contribution in [2.45, 2.75) is 32.6 Å². The van der Waals surface area contributed by atoms with Crippen molar-refractivity contribution in [1.82, 2.24) is 0 Å². The molecule has 0 aromatic heterocycles. The smallest absolute Gasteiger partial charge is 0.130 e. The van der Waals surface area contributed by atoms with Crippen LogP contribution in [0.1, 0.15) is 32.6 Å². The monoisotopic (exact) mass is 270 g/mol. The molecule has 106 valence electrons. The summed E-state index contributed by atoms with van der Waals surface area (Å²) in [6, 6.07) is 15.3. The summed E-state index contributed by atoms with van der Waals surface area (Å²) in [6.45, 7) is 2.90. The molecule has 0 fully saturated rings. The summed E-state index contributed by atoms with van der Waals surface area (Å²) in [5.41, 5.74) is 1.76. The molecule has 0 aliphatic rings. The van der Waals surface area contributed by atoms with Gasteiger partial charge in [0.2, 0.25) is 0 Å². The summed E-state index contributed by atoms with van der Waals surface area (Å²) in [6.07, 6.45) is 4.71. The highest BCUT2D eigenvalue weighted by molar-refractivity contribution is 5.76. The highest BCUT2D eigenvalue weighted by Gasteiger charge is 2.10. The van der Waals surface area contributed by atoms with Crippen molar-refractivity contribution in [1.29, 1.82) is 0 Å². The van der Waals surface area contributed by atoms with E-state index in [1.165, 1.54) is 19.3 Å². The van der Waals surface area contributed by atoms with Crippen molar-refractivity contribution < 1.29 is 9.84 Å². The Morgan fingerprint density at radius 1 is 0.900 bits per heavy atom. The van der Waals surface area contributed by atoms with Gasteiger partial charge in [0.05, 0.1) is 12.2 Å². The molecule has 2 heteroatoms. The molecule has 2 aromatic carbocycles. The van der Waals surface area contributed by atoms with Gasteiger partial charge in [0.15, 0.2) is 0 Å². The Hall–Kier alpha value is -1.96. The summed E-state index contributed by atoms with van der Waals surface area (Å²) >= 11 is 0. The number of aromatic hydroxyl groups is 1. The molecule has 0 amide bonds. The summed E-state index contributed by atoms with van der Waals surface area (Å²) in [7, 11) is 0. The molecular formula is C18H22O2. The van der Waals surface area contributed by atoms with Gasteiger partial charge in [-0.3, -0.25) is 0 Å². The van der Waals surface area contributed by atoms with Gasteiger partial charge < -0.3 is 9.84 Å². The zero-order chi connectivity index (χ0) is 14.2. The number of unbranched alkanes of at least 4 members (excludes halogenated alkanes) is 3. The van der Waals surface area contributed by atoms with E-state index in [1.54, 1.807) is 6.07 Å². The van der Waals surface area contributed by atoms with Crippen LogP contribution in [0.5, 0.6) is 11.5 Å². The Balaban J connectivity index is 2.11. The first-order valence-corrected chi connectivity index (χ1v) is 7.33. The van der Waals surface area contributed by atoms with Gasteiger partial charge in [0.1, 0.15) is 11.5 Å². The maximum absolute atomic E-state index is 10.1. The molecular weight excluding hydrogens is 248 g/mol. The molecule has 0 saturated carbocycles. The van der Waals surface area contributed by atoms with Crippen LogP contribution in [-0.4, -0.2) is 11.7 Å². The molecule has 0 aliphatic carbocycles. The van der Waals surface area contributed by atoms with Crippen LogP contribution in [-0.2, 0) is 0 Å². The van der Waals surface area contributed by atoms with Gasteiger partial charge in [0.25, 0.3) is 0 Å². The molecule has 0 spiro atoms. The lowest BCUT2D eigenvalue weighted by molar-refractivity contribution is 0.305. The first-order valence-electron chi connectivity index (χ1n) is 7.33. The van der Waals surface area contributed by atoms with E-state index in [1.807, 2.05) is 42.5 Å². The maximum atomic E-state index is 10.1. The first kappa shape index (κ1) is 14.4. The molecule has 2 rings (SSSR count). The van der Waals surface area contributed by atoms with E-state index >= 15 is 0 Å². The lowest BCUT2D eigenvalue weighted by Gasteiger charge is -2.13. The van der Waals surface area contributed by atoms with Gasteiger partial charge in [-0.1, -0.05) is 62.6 Å². The third-order valence-corrected chi connectivity index (χ3v) is 3.32. The minimum atomic E-state index is 0.266. The minimum Gasteiger partial charge on any atom is -0.507 e. The zero-order valence-electron chi connectivity index (χ0n) is 12.0. The fraction of sp³-hybridized carbons (Fsp3) is 0.333. The molecule has 0 radical (unpaired) electrons. The van der Waals surface area contributed by atoms with E-state index in [9.17, 15) is 5.11 Å². The normalized spacial score (nSPS) is 10.4. The molecule has 20 heavy (non-hydrogen) atoms. The second-order valence-electron chi connectivity index (χ2n) is 4.93. The van der Waals surface area contributed by atoms with Crippen LogP contribution in [0.2, 0.25) is 0 Å². The fourth-order valence-corrected chi connectivity index (χ4v) is 2.25. The number of benzene rings is 2. The summed E-state index contributed by atoms with van der Waals surface area (Å²) in [5.74, 6) is 1.02. The second kappa shape index (κ2) is 7.59. The van der Waals surface area contributed by atoms with Crippen molar-refractivity contribution in [2.24, 2.45) is 0 Å². The lowest BCUT2D eigenvalue weighted by Crippen LogP contribution is -1.99. The number of phenolic OH excluding ortho intramolecular Hbond substituents is 1. The minimum absolute atomic E-state index is 0.266. The van der Waals surface area contributed by atoms with E-state index in [-0.39, 0.29) is 5.75 Å². The second-order valence-corrected chi connectivity index (χ2v) is 4.93. The average molecular weight is 270 g/mol. The van der Waals surface area contributed by atoms with Gasteiger partial charge in [0, 0.05) is 0 Å². The summed E-state index contributed by atoms with van der Waals surface area (Å²) < 4.78 is 5.86. The largest absolute Gasteiger partial charge is 0.507 e. The molecule has 0 atom stereocenters. The molecule has 0 aliphatic heterocycles. The van der Waals surface area contributed by atoms with Gasteiger partial charge in [-0.15, -0.1) is 0 Å². The molecule has 2 aromatic rings. The van der Waals surface area contributed by atoms with E-state index in [4.69, 9.17) is 4.74 Å². The Labute approximate surface area is 121 Å². The van der Waals surface area contributed by atoms with E-state index in [2.05, 4.69) is 6.92 Å². The van der Waals surface area contributed by atoms with Crippen molar-refractivity contribution in [3.63, 3.8) is 0 Å². The SMILES string of the molecule is CCCCCCOc1cccc(O)c1-c1ccccc1. The molecule has 0 saturated heterocycles. The Kier molecular flexibility index (Phi) is 5.48. The molecule has 0 unspecified atom stereocenters. The first-order chi connectivity index (χ1) is 9.83. The molecule has 2 nitrogen and oxygen atoms in total. The number of ether oxygens (including phenoxy) is 1. The summed E-state index contributed by atoms with van der Waals surface area (Å²) in [4.78, 5) is 0. The Morgan fingerprint density at radius 3 is 2.45 bits per heavy atom. The Bertz CT molecular complexity index is 520. The molecule has 0 heterocycles. The third kappa shape index (κ3) is 3.77. The van der Waals surface area contributed by atoms with E-state index in [0.29, 0.717) is 6.61 Å². The number of hydrogen-bond acceptors (Lipinski definition) is 2. The predicted octanol–water partition coefficient (Wildman–Crippen LogP) is 5.02. The quantitative estimate of drug-likeness (QED) is 0.716. The van der Waals surface area contributed by atoms with Gasteiger partial charge in [-0.25, -0.2) is 0 Å². The molecule has 0 bridgehead atoms. The number of hydrogen-bond donors (Lipinski definition) is 1. The fourth-order valence-electron chi connectivity index (χ4n) is 2.25. The van der Waals surface area contributed by atoms with E-state index in [0.717, 1.165) is 23.3 Å². The van der Waals surface area contributed by atoms with Crippen molar-refractivity contribution in [2.75, 3.05) is 6.61 Å². The van der Waals surface area contributed by atoms with Crippen molar-refractivity contribution >= 4 is 0 Å². The predicted molar refractivity (Wildman–Crippen MR) is 83.2 cm³/mol. The van der Waals surface area contributed by atoms with E-state index < -0.39 is 0 Å². The van der Waals surface area contributed by atoms with Crippen molar-refractivity contribution in [3.05, 3.63) is 48.5 Å². The third-order valence-electron chi connectivity index (χ3n) is 3.32. The van der Waals surface area contributed by atoms with Gasteiger partial charge >= 0.3 is 0 Å². The van der Waals surface area contributed by atoms with Crippen LogP contribution in [0.15, 0.2) is 48.5 Å². The van der Waals surface area contributed by atoms with Crippen LogP contribution in [0.3, 0.4) is 0 Å². The van der Waals surface area contributed by atoms with Crippen LogP contribution < -0.4 is 4.74 Å². The highest BCUT2D eigenvalue weighted by Crippen LogP contribution is 2.37. The summed E-state index contributed by atoms with van der Waals surface area (Å²) in [5, 5.41) is 10.1. The standard InChI is InChI=1S/C18H22O2/c1-2-3-4-8-14-20-17-13-9-12-16(19)18(17)15-10-6-5-7-11-15/h5-7,9-13,19H,2-4,8,14H2,1H3. The van der Waals surface area contributed by atoms with Crippen LogP contribution in [0.25, 0.3) is 11.1 Å². The van der Waals surface area contributed by atoms with Crippen molar-refractivity contribution in [3.8, 4) is 22.6 Å². The number of rotatable bonds is 7. The highest BCUT2D eigenvalue weighted by atomic mass is 16.5. The van der Waals surface area contributed by atoms with Crippen LogP contribution >= 0.6 is 0 Å². The topological polar surface area (TPSA) is 29.5 Å². The van der Waals surface area contributed by atoms with Crippen LogP contribution in [0.4, 0.5) is 0 Å². The van der Waals surface area contributed by atoms with Gasteiger partial charge in [-0.2, -0.15) is 0 Å².